The van der Waals surface area contributed by atoms with Crippen molar-refractivity contribution in [3.8, 4) is 0 Å². The third-order valence-electron chi connectivity index (χ3n) is 2.56. The number of hydrogen-bond acceptors (Lipinski definition) is 2. The Balaban J connectivity index is 3.25. The highest BCUT2D eigenvalue weighted by Gasteiger charge is 2.51. The highest BCUT2D eigenvalue weighted by molar-refractivity contribution is 7.67. The average molecular weight is 365 g/mol. The molecule has 0 amide bonds. The van der Waals surface area contributed by atoms with Crippen molar-refractivity contribution in [2.45, 2.75) is 52.6 Å². The summed E-state index contributed by atoms with van der Waals surface area (Å²) in [6, 6.07) is -2.96. The van der Waals surface area contributed by atoms with E-state index in [0.717, 1.165) is 5.32 Å². The molecule has 1 radical (unpaired) electrons. The lowest BCUT2D eigenvalue weighted by molar-refractivity contribution is 0.287. The second-order valence-electron chi connectivity index (χ2n) is 6.33. The smallest absolute Gasteiger partial charge is 0.368 e. The van der Waals surface area contributed by atoms with E-state index in [1.165, 1.54) is 0 Å². The molecule has 1 aliphatic heterocycles. The van der Waals surface area contributed by atoms with E-state index in [2.05, 4.69) is 50.7 Å². The minimum atomic E-state index is -2.96. The molecule has 0 aliphatic carbocycles. The Morgan fingerprint density at radius 3 is 1.67 bits per heavy atom. The van der Waals surface area contributed by atoms with E-state index >= 15 is 0 Å². The molecule has 0 atom stereocenters. The minimum absolute atomic E-state index is 0.0778. The Bertz CT molecular complexity index is 354. The average Bonchev–Trinajstić information content (AvgIpc) is 2.39. The molecule has 105 valence electrons. The van der Waals surface area contributed by atoms with E-state index in [9.17, 15) is 0 Å². The number of halogens is 4. The van der Waals surface area contributed by atoms with E-state index in [0.29, 0.717) is 0 Å². The van der Waals surface area contributed by atoms with Gasteiger partial charge in [0.05, 0.1) is 5.32 Å². The van der Waals surface area contributed by atoms with Crippen molar-refractivity contribution < 1.29 is 0 Å². The molecule has 0 aromatic rings. The van der Waals surface area contributed by atoms with Crippen LogP contribution in [0.3, 0.4) is 0 Å². The lowest BCUT2D eigenvalue weighted by Gasteiger charge is -2.42. The van der Waals surface area contributed by atoms with Gasteiger partial charge in [-0.25, -0.2) is 0 Å². The Labute approximate surface area is 131 Å². The Morgan fingerprint density at radius 1 is 1.00 bits per heavy atom. The zero-order chi connectivity index (χ0) is 14.5. The van der Waals surface area contributed by atoms with Crippen molar-refractivity contribution in [3.63, 3.8) is 0 Å². The highest BCUT2D eigenvalue weighted by Crippen LogP contribution is 2.42. The van der Waals surface area contributed by atoms with Crippen LogP contribution in [0.25, 0.3) is 0 Å². The standard InChI is InChI=1S/C10H19Cl4N2Si2/c1-9(2,3)15-7-8(18(12,13)14)16(17(15)11)10(4,5)6/h7H,1-6H3. The number of rotatable bonds is 1. The van der Waals surface area contributed by atoms with Crippen molar-refractivity contribution in [2.24, 2.45) is 0 Å². The summed E-state index contributed by atoms with van der Waals surface area (Å²) in [5, 5.41) is 0.791. The van der Waals surface area contributed by atoms with Gasteiger partial charge >= 0.3 is 14.4 Å². The first-order chi connectivity index (χ1) is 7.76. The van der Waals surface area contributed by atoms with Gasteiger partial charge in [-0.15, -0.1) is 44.3 Å². The Hall–Kier alpha value is 0.934. The topological polar surface area (TPSA) is 6.48 Å². The molecule has 1 heterocycles. The molecular weight excluding hydrogens is 346 g/mol. The van der Waals surface area contributed by atoms with Crippen LogP contribution in [-0.2, 0) is 0 Å². The third-order valence-corrected chi connectivity index (χ3v) is 8.99. The summed E-state index contributed by atoms with van der Waals surface area (Å²) in [6.45, 7) is 12.6. The molecule has 0 N–H and O–H groups in total. The van der Waals surface area contributed by atoms with E-state index in [-0.39, 0.29) is 11.1 Å². The fraction of sp³-hybridized carbons (Fsp3) is 0.800. The van der Waals surface area contributed by atoms with Gasteiger partial charge < -0.3 is 9.13 Å². The van der Waals surface area contributed by atoms with Crippen LogP contribution in [0.2, 0.25) is 0 Å². The molecule has 0 fully saturated rings. The van der Waals surface area contributed by atoms with Crippen LogP contribution < -0.4 is 0 Å². The fourth-order valence-electron chi connectivity index (χ4n) is 1.75. The molecule has 0 saturated carbocycles. The molecule has 0 aromatic carbocycles. The number of hydrogen-bond donors (Lipinski definition) is 0. The van der Waals surface area contributed by atoms with Gasteiger partial charge in [-0.1, -0.05) is 0 Å². The van der Waals surface area contributed by atoms with Crippen LogP contribution in [0.4, 0.5) is 0 Å². The van der Waals surface area contributed by atoms with Crippen LogP contribution >= 0.6 is 44.3 Å². The molecule has 2 nitrogen and oxygen atoms in total. The second kappa shape index (κ2) is 5.04. The molecule has 1 rings (SSSR count). The highest BCUT2D eigenvalue weighted by atomic mass is 35.8. The quantitative estimate of drug-likeness (QED) is 0.500. The van der Waals surface area contributed by atoms with Crippen LogP contribution in [0, 0.1) is 0 Å². The maximum atomic E-state index is 6.66. The van der Waals surface area contributed by atoms with Gasteiger partial charge in [-0.05, 0) is 41.5 Å². The minimum Gasteiger partial charge on any atom is -0.368 e. The van der Waals surface area contributed by atoms with Crippen molar-refractivity contribution >= 4 is 58.7 Å². The monoisotopic (exact) mass is 363 g/mol. The summed E-state index contributed by atoms with van der Waals surface area (Å²) in [7, 11) is -1.45. The zero-order valence-electron chi connectivity index (χ0n) is 11.5. The fourth-order valence-corrected chi connectivity index (χ4v) is 9.36. The molecule has 0 aromatic heterocycles. The SMILES string of the molecule is CC(C)(C)N1C=C([Si](Cl)(Cl)Cl)N(C(C)(C)C)[Si]1Cl. The molecule has 1 aliphatic rings. The molecule has 0 saturated heterocycles. The summed E-state index contributed by atoms with van der Waals surface area (Å²) in [6.07, 6.45) is 1.95. The van der Waals surface area contributed by atoms with E-state index < -0.39 is 14.4 Å². The van der Waals surface area contributed by atoms with Crippen LogP contribution in [0.5, 0.6) is 0 Å². The van der Waals surface area contributed by atoms with Crippen LogP contribution in [-0.4, -0.2) is 34.6 Å². The van der Waals surface area contributed by atoms with Crippen LogP contribution in [0.15, 0.2) is 11.5 Å². The lowest BCUT2D eigenvalue weighted by Crippen LogP contribution is -2.55. The summed E-state index contributed by atoms with van der Waals surface area (Å²) in [5.74, 6) is 0. The predicted octanol–water partition coefficient (Wildman–Crippen LogP) is 4.46. The summed E-state index contributed by atoms with van der Waals surface area (Å²) in [5.41, 5.74) is -0.232. The summed E-state index contributed by atoms with van der Waals surface area (Å²) < 4.78 is 4.23. The summed E-state index contributed by atoms with van der Waals surface area (Å²) in [4.78, 5) is 0. The molecule has 0 bridgehead atoms. The van der Waals surface area contributed by atoms with Gasteiger partial charge in [0.15, 0.2) is 0 Å². The van der Waals surface area contributed by atoms with Gasteiger partial charge in [0.1, 0.15) is 0 Å². The lowest BCUT2D eigenvalue weighted by atomic mass is 10.1. The van der Waals surface area contributed by atoms with Crippen molar-refractivity contribution in [1.29, 1.82) is 0 Å². The first-order valence-electron chi connectivity index (χ1n) is 5.67. The maximum absolute atomic E-state index is 6.66. The van der Waals surface area contributed by atoms with Gasteiger partial charge in [0.2, 0.25) is 0 Å². The summed E-state index contributed by atoms with van der Waals surface area (Å²) >= 11 is 25.3. The van der Waals surface area contributed by atoms with E-state index in [1.54, 1.807) is 0 Å². The first-order valence-corrected chi connectivity index (χ1v) is 13.1. The number of nitrogens with zero attached hydrogens (tertiary/aromatic N) is 2. The Kier molecular flexibility index (Phi) is 4.76. The molecule has 0 spiro atoms. The second-order valence-corrected chi connectivity index (χ2v) is 17.2. The van der Waals surface area contributed by atoms with Crippen molar-refractivity contribution in [2.75, 3.05) is 0 Å². The normalized spacial score (nSPS) is 19.6. The van der Waals surface area contributed by atoms with Crippen molar-refractivity contribution in [1.82, 2.24) is 9.13 Å². The maximum Gasteiger partial charge on any atom is 0.414 e. The van der Waals surface area contributed by atoms with Crippen LogP contribution in [0.1, 0.15) is 41.5 Å². The van der Waals surface area contributed by atoms with Gasteiger partial charge in [0.25, 0.3) is 0 Å². The van der Waals surface area contributed by atoms with E-state index in [4.69, 9.17) is 44.3 Å². The van der Waals surface area contributed by atoms with Crippen molar-refractivity contribution in [3.05, 3.63) is 11.5 Å². The van der Waals surface area contributed by atoms with Gasteiger partial charge in [-0.2, -0.15) is 0 Å². The van der Waals surface area contributed by atoms with Gasteiger partial charge in [0, 0.05) is 17.3 Å². The molecule has 0 unspecified atom stereocenters. The first kappa shape index (κ1) is 17.0. The van der Waals surface area contributed by atoms with E-state index in [1.807, 2.05) is 6.20 Å². The predicted molar refractivity (Wildman–Crippen MR) is 86.2 cm³/mol. The third kappa shape index (κ3) is 3.52. The zero-order valence-corrected chi connectivity index (χ0v) is 16.5. The largest absolute Gasteiger partial charge is 0.414 e. The molecular formula is C10H19Cl4N2Si2. The van der Waals surface area contributed by atoms with Gasteiger partial charge in [-0.3, -0.25) is 0 Å². The Morgan fingerprint density at radius 2 is 1.44 bits per heavy atom. The molecule has 18 heavy (non-hydrogen) atoms. The molecule has 8 heteroatoms.